The molecule has 1 N–H and O–H groups in total. The van der Waals surface area contributed by atoms with Gasteiger partial charge in [-0.2, -0.15) is 0 Å². The van der Waals surface area contributed by atoms with E-state index >= 15 is 0 Å². The first kappa shape index (κ1) is 16.9. The van der Waals surface area contributed by atoms with E-state index < -0.39 is 0 Å². The van der Waals surface area contributed by atoms with E-state index in [1.807, 2.05) is 42.5 Å². The van der Waals surface area contributed by atoms with Crippen molar-refractivity contribution in [1.82, 2.24) is 0 Å². The van der Waals surface area contributed by atoms with E-state index in [1.54, 1.807) is 13.4 Å². The van der Waals surface area contributed by atoms with Crippen LogP contribution in [0.5, 0.6) is 5.75 Å². The Morgan fingerprint density at radius 2 is 1.76 bits per heavy atom. The average Bonchev–Trinajstić information content (AvgIpc) is 3.20. The fourth-order valence-electron chi connectivity index (χ4n) is 2.69. The number of hydrogen-bond donors (Lipinski definition) is 1. The second kappa shape index (κ2) is 8.78. The smallest absolute Gasteiger partial charge is 0.126 e. The first-order valence-corrected chi connectivity index (χ1v) is 8.48. The minimum absolute atomic E-state index is 0.0930. The van der Waals surface area contributed by atoms with E-state index in [-0.39, 0.29) is 6.04 Å². The molecule has 3 heteroatoms. The van der Waals surface area contributed by atoms with Crippen LogP contribution in [0.25, 0.3) is 0 Å². The Labute approximate surface area is 149 Å². The molecule has 0 radical (unpaired) electrons. The van der Waals surface area contributed by atoms with Crippen LogP contribution in [-0.2, 0) is 6.42 Å². The van der Waals surface area contributed by atoms with E-state index in [1.165, 1.54) is 5.56 Å². The van der Waals surface area contributed by atoms with Gasteiger partial charge in [0.15, 0.2) is 0 Å². The molecule has 0 aliphatic rings. The molecule has 1 atom stereocenters. The van der Waals surface area contributed by atoms with Gasteiger partial charge < -0.3 is 14.5 Å². The molecule has 2 aromatic carbocycles. The lowest BCUT2D eigenvalue weighted by molar-refractivity contribution is 0.415. The van der Waals surface area contributed by atoms with Gasteiger partial charge in [0.25, 0.3) is 0 Å². The molecule has 3 nitrogen and oxygen atoms in total. The number of hydrogen-bond acceptors (Lipinski definition) is 3. The zero-order chi connectivity index (χ0) is 17.3. The van der Waals surface area contributed by atoms with Crippen LogP contribution in [0.3, 0.4) is 0 Å². The van der Waals surface area contributed by atoms with Crippen LogP contribution in [0, 0.1) is 0 Å². The van der Waals surface area contributed by atoms with Gasteiger partial charge in [-0.1, -0.05) is 42.5 Å². The van der Waals surface area contributed by atoms with Gasteiger partial charge in [-0.05, 0) is 54.8 Å². The van der Waals surface area contributed by atoms with E-state index in [0.717, 1.165) is 30.0 Å². The van der Waals surface area contributed by atoms with Gasteiger partial charge >= 0.3 is 0 Å². The molecular formula is C22H23NO2. The van der Waals surface area contributed by atoms with Crippen LogP contribution in [0.15, 0.2) is 89.6 Å². The van der Waals surface area contributed by atoms with Crippen molar-refractivity contribution in [2.75, 3.05) is 12.4 Å². The molecule has 0 spiro atoms. The lowest BCUT2D eigenvalue weighted by Crippen LogP contribution is -2.09. The molecule has 3 rings (SSSR count). The normalized spacial score (nSPS) is 12.2. The molecule has 0 fully saturated rings. The van der Waals surface area contributed by atoms with E-state index in [0.29, 0.717) is 0 Å². The van der Waals surface area contributed by atoms with Crippen LogP contribution in [0.4, 0.5) is 5.69 Å². The third-order valence-corrected chi connectivity index (χ3v) is 4.05. The van der Waals surface area contributed by atoms with Gasteiger partial charge in [-0.15, -0.1) is 0 Å². The topological polar surface area (TPSA) is 34.4 Å². The molecular weight excluding hydrogens is 310 g/mol. The zero-order valence-electron chi connectivity index (χ0n) is 14.4. The maximum absolute atomic E-state index is 5.61. The molecule has 1 aromatic heterocycles. The van der Waals surface area contributed by atoms with Gasteiger partial charge in [0.1, 0.15) is 11.5 Å². The van der Waals surface area contributed by atoms with Gasteiger partial charge in [0.2, 0.25) is 0 Å². The number of ether oxygens (including phenoxy) is 1. The summed E-state index contributed by atoms with van der Waals surface area (Å²) in [5.41, 5.74) is 2.36. The van der Waals surface area contributed by atoms with E-state index in [4.69, 9.17) is 9.15 Å². The summed E-state index contributed by atoms with van der Waals surface area (Å²) >= 11 is 0. The van der Waals surface area contributed by atoms with Gasteiger partial charge in [-0.3, -0.25) is 0 Å². The van der Waals surface area contributed by atoms with Crippen molar-refractivity contribution in [3.8, 4) is 5.75 Å². The Morgan fingerprint density at radius 3 is 2.44 bits per heavy atom. The Kier molecular flexibility index (Phi) is 5.94. The van der Waals surface area contributed by atoms with E-state index in [2.05, 4.69) is 41.7 Å². The molecule has 0 saturated carbocycles. The Morgan fingerprint density at radius 1 is 0.960 bits per heavy atom. The highest BCUT2D eigenvalue weighted by Gasteiger charge is 2.12. The molecule has 0 amide bonds. The van der Waals surface area contributed by atoms with Crippen molar-refractivity contribution in [2.24, 2.45) is 0 Å². The number of furan rings is 1. The molecule has 0 bridgehead atoms. The van der Waals surface area contributed by atoms with Gasteiger partial charge in [0, 0.05) is 5.69 Å². The number of nitrogens with one attached hydrogen (secondary N) is 1. The van der Waals surface area contributed by atoms with E-state index in [9.17, 15) is 0 Å². The number of methoxy groups -OCH3 is 1. The Bertz CT molecular complexity index is 762. The fraction of sp³-hybridized carbons (Fsp3) is 0.182. The van der Waals surface area contributed by atoms with Crippen LogP contribution in [-0.4, -0.2) is 7.11 Å². The van der Waals surface area contributed by atoms with Crippen LogP contribution in [0.1, 0.15) is 23.8 Å². The highest BCUT2D eigenvalue weighted by Crippen LogP contribution is 2.25. The van der Waals surface area contributed by atoms with Crippen molar-refractivity contribution in [1.29, 1.82) is 0 Å². The minimum atomic E-state index is 0.0930. The second-order valence-electron chi connectivity index (χ2n) is 5.84. The van der Waals surface area contributed by atoms with Crippen molar-refractivity contribution in [3.05, 3.63) is 96.5 Å². The lowest BCUT2D eigenvalue weighted by Gasteiger charge is -2.16. The molecule has 1 unspecified atom stereocenters. The molecule has 1 heterocycles. The van der Waals surface area contributed by atoms with Gasteiger partial charge in [0.05, 0.1) is 19.4 Å². The summed E-state index contributed by atoms with van der Waals surface area (Å²) in [6, 6.07) is 22.4. The van der Waals surface area contributed by atoms with Crippen molar-refractivity contribution in [3.63, 3.8) is 0 Å². The van der Waals surface area contributed by atoms with Crippen molar-refractivity contribution < 1.29 is 9.15 Å². The predicted octanol–water partition coefficient (Wildman–Crippen LogP) is 5.63. The van der Waals surface area contributed by atoms with Crippen molar-refractivity contribution >= 4 is 5.69 Å². The number of anilines is 1. The van der Waals surface area contributed by atoms with Crippen LogP contribution >= 0.6 is 0 Å². The molecule has 25 heavy (non-hydrogen) atoms. The van der Waals surface area contributed by atoms with Crippen LogP contribution in [0.2, 0.25) is 0 Å². The summed E-state index contributed by atoms with van der Waals surface area (Å²) in [7, 11) is 1.67. The summed E-state index contributed by atoms with van der Waals surface area (Å²) < 4.78 is 10.8. The minimum Gasteiger partial charge on any atom is -0.497 e. The molecule has 128 valence electrons. The highest BCUT2D eigenvalue weighted by atomic mass is 16.5. The standard InChI is InChI=1S/C22H23NO2/c1-24-20-15-13-19(14-16-20)23-21(22-12-7-17-25-22)11-6-5-10-18-8-3-2-4-9-18/h2-9,12-17,21,23H,10-11H2,1H3/b6-5+. The zero-order valence-corrected chi connectivity index (χ0v) is 14.4. The quantitative estimate of drug-likeness (QED) is 0.542. The second-order valence-corrected chi connectivity index (χ2v) is 5.84. The Balaban J connectivity index is 1.63. The summed E-state index contributed by atoms with van der Waals surface area (Å²) in [6.07, 6.45) is 7.92. The lowest BCUT2D eigenvalue weighted by atomic mass is 10.1. The third-order valence-electron chi connectivity index (χ3n) is 4.05. The number of allylic oxidation sites excluding steroid dienone is 1. The first-order chi connectivity index (χ1) is 12.3. The first-order valence-electron chi connectivity index (χ1n) is 8.48. The summed E-state index contributed by atoms with van der Waals surface area (Å²) in [5, 5.41) is 3.53. The Hall–Kier alpha value is -2.94. The molecule has 0 saturated heterocycles. The fourth-order valence-corrected chi connectivity index (χ4v) is 2.69. The number of rotatable bonds is 8. The average molecular weight is 333 g/mol. The maximum atomic E-state index is 5.61. The predicted molar refractivity (Wildman–Crippen MR) is 102 cm³/mol. The summed E-state index contributed by atoms with van der Waals surface area (Å²) in [4.78, 5) is 0. The molecule has 0 aliphatic carbocycles. The number of benzene rings is 2. The monoisotopic (exact) mass is 333 g/mol. The van der Waals surface area contributed by atoms with Crippen molar-refractivity contribution in [2.45, 2.75) is 18.9 Å². The SMILES string of the molecule is COc1ccc(NC(C/C=C/Cc2ccccc2)c2ccco2)cc1. The largest absolute Gasteiger partial charge is 0.497 e. The third kappa shape index (κ3) is 5.01. The molecule has 3 aromatic rings. The maximum Gasteiger partial charge on any atom is 0.126 e. The highest BCUT2D eigenvalue weighted by molar-refractivity contribution is 5.47. The van der Waals surface area contributed by atoms with Gasteiger partial charge in [-0.25, -0.2) is 0 Å². The van der Waals surface area contributed by atoms with Crippen LogP contribution < -0.4 is 10.1 Å². The summed E-state index contributed by atoms with van der Waals surface area (Å²) in [6.45, 7) is 0. The molecule has 0 aliphatic heterocycles. The summed E-state index contributed by atoms with van der Waals surface area (Å²) in [5.74, 6) is 1.78.